The fourth-order valence-electron chi connectivity index (χ4n) is 2.37. The summed E-state index contributed by atoms with van der Waals surface area (Å²) in [5.74, 6) is 0.864. The van der Waals surface area contributed by atoms with E-state index in [1.165, 1.54) is 0 Å². The average molecular weight is 340 g/mol. The monoisotopic (exact) mass is 338 g/mol. The van der Waals surface area contributed by atoms with Crippen LogP contribution in [0.2, 0.25) is 5.02 Å². The lowest BCUT2D eigenvalue weighted by Crippen LogP contribution is -2.44. The van der Waals surface area contributed by atoms with Crippen LogP contribution >= 0.6 is 36.4 Å². The minimum absolute atomic E-state index is 0. The van der Waals surface area contributed by atoms with E-state index in [-0.39, 0.29) is 30.9 Å². The van der Waals surface area contributed by atoms with Crippen LogP contribution in [0.3, 0.4) is 0 Å². The summed E-state index contributed by atoms with van der Waals surface area (Å²) >= 11 is 6.09. The van der Waals surface area contributed by atoms with E-state index in [9.17, 15) is 0 Å². The van der Waals surface area contributed by atoms with Crippen LogP contribution in [0.1, 0.15) is 11.6 Å². The van der Waals surface area contributed by atoms with Gasteiger partial charge in [-0.15, -0.1) is 31.4 Å². The van der Waals surface area contributed by atoms with Gasteiger partial charge in [0.2, 0.25) is 0 Å². The molecule has 0 aromatic heterocycles. The van der Waals surface area contributed by atoms with Crippen LogP contribution in [0, 0.1) is 0 Å². The second kappa shape index (κ2) is 9.48. The maximum Gasteiger partial charge on any atom is 0.124 e. The Labute approximate surface area is 138 Å². The highest BCUT2D eigenvalue weighted by atomic mass is 35.5. The van der Waals surface area contributed by atoms with Gasteiger partial charge in [-0.25, -0.2) is 0 Å². The van der Waals surface area contributed by atoms with Crippen molar-refractivity contribution in [3.63, 3.8) is 0 Å². The molecule has 2 rings (SSSR count). The maximum absolute atomic E-state index is 6.09. The molecule has 0 bridgehead atoms. The Hall–Kier alpha value is -0.450. The molecular weight excluding hydrogens is 319 g/mol. The van der Waals surface area contributed by atoms with Crippen LogP contribution in [-0.2, 0) is 0 Å². The van der Waals surface area contributed by atoms with Gasteiger partial charge in [0.05, 0.1) is 13.2 Å². The number of hydrogen-bond donors (Lipinski definition) is 1. The fraction of sp³-hybridized carbons (Fsp3) is 0.429. The van der Waals surface area contributed by atoms with Crippen molar-refractivity contribution >= 4 is 36.4 Å². The fourth-order valence-corrected chi connectivity index (χ4v) is 2.55. The van der Waals surface area contributed by atoms with Crippen molar-refractivity contribution in [1.29, 1.82) is 0 Å². The van der Waals surface area contributed by atoms with Gasteiger partial charge in [-0.05, 0) is 18.2 Å². The molecule has 1 saturated heterocycles. The van der Waals surface area contributed by atoms with Crippen LogP contribution in [-0.4, -0.2) is 38.2 Å². The quantitative estimate of drug-likeness (QED) is 0.852. The first-order valence-corrected chi connectivity index (χ1v) is 6.55. The standard InChI is InChI=1S/C14H19ClN2O.2ClH/c1-3-13(17-8-6-16-7-9-17)12-10-11(15)4-5-14(12)18-2;;/h3-5,10,13,16H,1,6-9H2,2H3;2*1H/t13-;;/m0../s1. The molecule has 0 amide bonds. The highest BCUT2D eigenvalue weighted by molar-refractivity contribution is 6.30. The molecule has 1 atom stereocenters. The number of nitrogens with one attached hydrogen (secondary N) is 1. The average Bonchev–Trinajstić information content (AvgIpc) is 2.41. The summed E-state index contributed by atoms with van der Waals surface area (Å²) in [6.45, 7) is 7.98. The van der Waals surface area contributed by atoms with Gasteiger partial charge in [-0.1, -0.05) is 17.7 Å². The van der Waals surface area contributed by atoms with E-state index in [1.54, 1.807) is 7.11 Å². The summed E-state index contributed by atoms with van der Waals surface area (Å²) in [5, 5.41) is 4.08. The Morgan fingerprint density at radius 3 is 2.55 bits per heavy atom. The Balaban J connectivity index is 0.00000180. The lowest BCUT2D eigenvalue weighted by Gasteiger charge is -2.34. The van der Waals surface area contributed by atoms with Crippen molar-refractivity contribution in [1.82, 2.24) is 10.2 Å². The van der Waals surface area contributed by atoms with Gasteiger partial charge in [0.25, 0.3) is 0 Å². The molecule has 1 fully saturated rings. The van der Waals surface area contributed by atoms with Crippen LogP contribution in [0.5, 0.6) is 5.75 Å². The molecule has 0 aliphatic carbocycles. The van der Waals surface area contributed by atoms with Crippen molar-refractivity contribution in [2.45, 2.75) is 6.04 Å². The third-order valence-electron chi connectivity index (χ3n) is 3.28. The molecule has 3 nitrogen and oxygen atoms in total. The predicted molar refractivity (Wildman–Crippen MR) is 89.9 cm³/mol. The highest BCUT2D eigenvalue weighted by Gasteiger charge is 2.22. The number of ether oxygens (including phenoxy) is 1. The van der Waals surface area contributed by atoms with Crippen molar-refractivity contribution < 1.29 is 4.74 Å². The summed E-state index contributed by atoms with van der Waals surface area (Å²) in [6.07, 6.45) is 1.96. The molecule has 0 radical (unpaired) electrons. The number of piperazine rings is 1. The molecule has 20 heavy (non-hydrogen) atoms. The molecule has 114 valence electrons. The SMILES string of the molecule is C=C[C@@H](c1cc(Cl)ccc1OC)N1CCNCC1.Cl.Cl. The van der Waals surface area contributed by atoms with Gasteiger partial charge in [0.15, 0.2) is 0 Å². The molecule has 6 heteroatoms. The van der Waals surface area contributed by atoms with Gasteiger partial charge in [-0.3, -0.25) is 4.90 Å². The van der Waals surface area contributed by atoms with Crippen LogP contribution in [0.15, 0.2) is 30.9 Å². The molecule has 1 heterocycles. The van der Waals surface area contributed by atoms with E-state index < -0.39 is 0 Å². The third kappa shape index (κ3) is 4.54. The number of hydrogen-bond acceptors (Lipinski definition) is 3. The Bertz CT molecular complexity index is 423. The van der Waals surface area contributed by atoms with E-state index in [0.29, 0.717) is 0 Å². The van der Waals surface area contributed by atoms with Gasteiger partial charge < -0.3 is 10.1 Å². The second-order valence-corrected chi connectivity index (χ2v) is 4.79. The summed E-state index contributed by atoms with van der Waals surface area (Å²) in [4.78, 5) is 2.39. The minimum Gasteiger partial charge on any atom is -0.496 e. The highest BCUT2D eigenvalue weighted by Crippen LogP contribution is 2.32. The van der Waals surface area contributed by atoms with E-state index >= 15 is 0 Å². The molecule has 0 unspecified atom stereocenters. The number of benzene rings is 1. The van der Waals surface area contributed by atoms with E-state index in [2.05, 4.69) is 16.8 Å². The molecule has 1 aliphatic heterocycles. The molecule has 0 spiro atoms. The first-order valence-electron chi connectivity index (χ1n) is 6.17. The molecule has 1 aliphatic rings. The van der Waals surface area contributed by atoms with Gasteiger partial charge >= 0.3 is 0 Å². The molecule has 1 aromatic rings. The van der Waals surface area contributed by atoms with Crippen molar-refractivity contribution in [3.8, 4) is 5.75 Å². The van der Waals surface area contributed by atoms with Gasteiger partial charge in [0, 0.05) is 36.8 Å². The lowest BCUT2D eigenvalue weighted by molar-refractivity contribution is 0.200. The van der Waals surface area contributed by atoms with Crippen molar-refractivity contribution in [2.24, 2.45) is 0 Å². The van der Waals surface area contributed by atoms with Gasteiger partial charge in [-0.2, -0.15) is 0 Å². The van der Waals surface area contributed by atoms with Gasteiger partial charge in [0.1, 0.15) is 5.75 Å². The van der Waals surface area contributed by atoms with Crippen LogP contribution < -0.4 is 10.1 Å². The zero-order chi connectivity index (χ0) is 13.0. The topological polar surface area (TPSA) is 24.5 Å². The second-order valence-electron chi connectivity index (χ2n) is 4.35. The summed E-state index contributed by atoms with van der Waals surface area (Å²) < 4.78 is 5.43. The molecular formula is C14H21Cl3N2O. The summed E-state index contributed by atoms with van der Waals surface area (Å²) in [7, 11) is 1.69. The zero-order valence-electron chi connectivity index (χ0n) is 11.5. The predicted octanol–water partition coefficient (Wildman–Crippen LogP) is 3.32. The number of halogens is 3. The molecule has 1 aromatic carbocycles. The first kappa shape index (κ1) is 19.6. The Morgan fingerprint density at radius 1 is 1.35 bits per heavy atom. The van der Waals surface area contributed by atoms with Crippen LogP contribution in [0.25, 0.3) is 0 Å². The number of nitrogens with zero attached hydrogens (tertiary/aromatic N) is 1. The zero-order valence-corrected chi connectivity index (χ0v) is 13.9. The molecule has 0 saturated carbocycles. The summed E-state index contributed by atoms with van der Waals surface area (Å²) in [6, 6.07) is 5.88. The summed E-state index contributed by atoms with van der Waals surface area (Å²) in [5.41, 5.74) is 1.09. The number of rotatable bonds is 4. The van der Waals surface area contributed by atoms with Crippen molar-refractivity contribution in [3.05, 3.63) is 41.4 Å². The first-order chi connectivity index (χ1) is 8.76. The van der Waals surface area contributed by atoms with E-state index in [0.717, 1.165) is 42.5 Å². The van der Waals surface area contributed by atoms with E-state index in [1.807, 2.05) is 24.3 Å². The third-order valence-corrected chi connectivity index (χ3v) is 3.51. The Morgan fingerprint density at radius 2 is 2.00 bits per heavy atom. The number of methoxy groups -OCH3 is 1. The normalized spacial score (nSPS) is 16.5. The maximum atomic E-state index is 6.09. The van der Waals surface area contributed by atoms with Crippen molar-refractivity contribution in [2.75, 3.05) is 33.3 Å². The van der Waals surface area contributed by atoms with Crippen LogP contribution in [0.4, 0.5) is 0 Å². The lowest BCUT2D eigenvalue weighted by atomic mass is 10.0. The largest absolute Gasteiger partial charge is 0.496 e. The molecule has 1 N–H and O–H groups in total. The minimum atomic E-state index is 0. The van der Waals surface area contributed by atoms with E-state index in [4.69, 9.17) is 16.3 Å². The smallest absolute Gasteiger partial charge is 0.124 e. The Kier molecular flexibility index (Phi) is 9.27.